The van der Waals surface area contributed by atoms with Crippen LogP contribution in [-0.4, -0.2) is 24.9 Å². The molecule has 9 rings (SSSR count). The molecule has 0 aliphatic rings. The number of pyridine rings is 2. The van der Waals surface area contributed by atoms with Gasteiger partial charge in [0.25, 0.3) is 0 Å². The van der Waals surface area contributed by atoms with Crippen LogP contribution in [0.3, 0.4) is 0 Å². The smallest absolute Gasteiger partial charge is 0.162 e. The minimum absolute atomic E-state index is 0.702. The van der Waals surface area contributed by atoms with Gasteiger partial charge in [0.15, 0.2) is 5.82 Å². The van der Waals surface area contributed by atoms with Gasteiger partial charge in [0, 0.05) is 33.5 Å². The number of hydrogen-bond donors (Lipinski definition) is 0. The molecule has 5 heteroatoms. The van der Waals surface area contributed by atoms with Gasteiger partial charge in [-0.3, -0.25) is 4.98 Å². The minimum Gasteiger partial charge on any atom is -0.256 e. The Balaban J connectivity index is 1.07. The zero-order valence-corrected chi connectivity index (χ0v) is 27.9. The van der Waals surface area contributed by atoms with Crippen LogP contribution in [0.25, 0.3) is 88.2 Å². The van der Waals surface area contributed by atoms with E-state index in [2.05, 4.69) is 150 Å². The largest absolute Gasteiger partial charge is 0.256 e. The molecule has 6 aromatic carbocycles. The molecular formula is C45H33N5. The van der Waals surface area contributed by atoms with Crippen molar-refractivity contribution < 1.29 is 0 Å². The Morgan fingerprint density at radius 2 is 1.24 bits per heavy atom. The van der Waals surface area contributed by atoms with Gasteiger partial charge in [-0.05, 0) is 86.6 Å². The lowest BCUT2D eigenvalue weighted by atomic mass is 9.93. The first-order valence-electron chi connectivity index (χ1n) is 17.2. The Kier molecular flexibility index (Phi) is 7.32. The zero-order chi connectivity index (χ0) is 33.6. The van der Waals surface area contributed by atoms with Crippen LogP contribution in [0.5, 0.6) is 0 Å². The SMILES string of the molecule is CCc1c(-c2ncncn2)ccc2ccc(-c3ccc4ccc(-c5ccc(-c6ccnc7c6ccc6cccc(CC)c67)cc5)nc4c3)cc12. The Hall–Kier alpha value is -6.33. The van der Waals surface area contributed by atoms with E-state index in [-0.39, 0.29) is 0 Å². The summed E-state index contributed by atoms with van der Waals surface area (Å²) in [5.74, 6) is 0.702. The fraction of sp³-hybridized carbons (Fsp3) is 0.0889. The standard InChI is InChI=1S/C45H33N5/c1-3-28-6-5-7-33-17-19-38-37(22-23-47-44(38)43(28)33)29-8-11-31(12-9-29)41-21-18-32-13-15-35(25-42(32)50-41)34-14-10-30-16-20-39(36(4-2)40(30)24-34)45-48-26-46-27-49-45/h5-27H,3-4H2,1-2H3. The maximum absolute atomic E-state index is 5.15. The van der Waals surface area contributed by atoms with E-state index in [4.69, 9.17) is 9.97 Å². The Morgan fingerprint density at radius 1 is 0.520 bits per heavy atom. The van der Waals surface area contributed by atoms with Crippen LogP contribution in [-0.2, 0) is 12.8 Å². The molecule has 0 amide bonds. The number of aryl methyl sites for hydroxylation is 2. The van der Waals surface area contributed by atoms with Gasteiger partial charge < -0.3 is 0 Å². The highest BCUT2D eigenvalue weighted by molar-refractivity contribution is 6.11. The molecule has 5 nitrogen and oxygen atoms in total. The highest BCUT2D eigenvalue weighted by Gasteiger charge is 2.14. The molecular weight excluding hydrogens is 611 g/mol. The number of fused-ring (bicyclic) bond motifs is 5. The molecule has 238 valence electrons. The topological polar surface area (TPSA) is 64.5 Å². The van der Waals surface area contributed by atoms with E-state index in [1.54, 1.807) is 12.7 Å². The van der Waals surface area contributed by atoms with Crippen molar-refractivity contribution in [3.05, 3.63) is 151 Å². The van der Waals surface area contributed by atoms with E-state index in [0.717, 1.165) is 57.2 Å². The zero-order valence-electron chi connectivity index (χ0n) is 27.9. The fourth-order valence-electron chi connectivity index (χ4n) is 7.42. The molecule has 3 heterocycles. The monoisotopic (exact) mass is 643 g/mol. The molecule has 0 atom stereocenters. The quantitative estimate of drug-likeness (QED) is 0.169. The third-order valence-corrected chi connectivity index (χ3v) is 9.96. The molecule has 0 radical (unpaired) electrons. The summed E-state index contributed by atoms with van der Waals surface area (Å²) in [7, 11) is 0. The van der Waals surface area contributed by atoms with Crippen molar-refractivity contribution >= 4 is 43.4 Å². The molecule has 0 aliphatic carbocycles. The highest BCUT2D eigenvalue weighted by Crippen LogP contribution is 2.36. The molecule has 3 aromatic heterocycles. The van der Waals surface area contributed by atoms with Crippen LogP contribution < -0.4 is 0 Å². The lowest BCUT2D eigenvalue weighted by molar-refractivity contribution is 1.04. The first kappa shape index (κ1) is 29.8. The predicted octanol–water partition coefficient (Wildman–Crippen LogP) is 11.1. The van der Waals surface area contributed by atoms with Gasteiger partial charge in [-0.1, -0.05) is 111 Å². The van der Waals surface area contributed by atoms with Crippen molar-refractivity contribution in [3.8, 4) is 44.9 Å². The van der Waals surface area contributed by atoms with Gasteiger partial charge in [-0.25, -0.2) is 19.9 Å². The molecule has 0 spiro atoms. The van der Waals surface area contributed by atoms with Crippen molar-refractivity contribution in [1.29, 1.82) is 0 Å². The fourth-order valence-corrected chi connectivity index (χ4v) is 7.42. The van der Waals surface area contributed by atoms with E-state index in [9.17, 15) is 0 Å². The summed E-state index contributed by atoms with van der Waals surface area (Å²) in [4.78, 5) is 22.9. The summed E-state index contributed by atoms with van der Waals surface area (Å²) in [6.07, 6.45) is 6.89. The van der Waals surface area contributed by atoms with Gasteiger partial charge in [-0.15, -0.1) is 0 Å². The second kappa shape index (κ2) is 12.3. The lowest BCUT2D eigenvalue weighted by Gasteiger charge is -2.13. The normalized spacial score (nSPS) is 11.6. The second-order valence-corrected chi connectivity index (χ2v) is 12.7. The Morgan fingerprint density at radius 3 is 2.06 bits per heavy atom. The van der Waals surface area contributed by atoms with Crippen LogP contribution in [0.2, 0.25) is 0 Å². The molecule has 0 unspecified atom stereocenters. The average Bonchev–Trinajstić information content (AvgIpc) is 3.19. The van der Waals surface area contributed by atoms with Gasteiger partial charge >= 0.3 is 0 Å². The van der Waals surface area contributed by atoms with E-state index >= 15 is 0 Å². The molecule has 50 heavy (non-hydrogen) atoms. The van der Waals surface area contributed by atoms with Crippen molar-refractivity contribution in [2.24, 2.45) is 0 Å². The summed E-state index contributed by atoms with van der Waals surface area (Å²) in [5.41, 5.74) is 12.3. The third kappa shape index (κ3) is 5.06. The molecule has 0 bridgehead atoms. The Labute approximate surface area is 290 Å². The first-order valence-corrected chi connectivity index (χ1v) is 17.2. The van der Waals surface area contributed by atoms with Crippen LogP contribution >= 0.6 is 0 Å². The molecule has 0 aliphatic heterocycles. The van der Waals surface area contributed by atoms with Crippen molar-refractivity contribution in [1.82, 2.24) is 24.9 Å². The summed E-state index contributed by atoms with van der Waals surface area (Å²) in [5, 5.41) is 7.19. The minimum atomic E-state index is 0.702. The molecule has 0 fully saturated rings. The Bertz CT molecular complexity index is 2720. The van der Waals surface area contributed by atoms with Crippen LogP contribution in [0.1, 0.15) is 25.0 Å². The summed E-state index contributed by atoms with van der Waals surface area (Å²) in [6, 6.07) is 43.6. The van der Waals surface area contributed by atoms with E-state index < -0.39 is 0 Å². The van der Waals surface area contributed by atoms with Gasteiger partial charge in [0.05, 0.1) is 16.7 Å². The first-order chi connectivity index (χ1) is 24.7. The van der Waals surface area contributed by atoms with Crippen molar-refractivity contribution in [2.45, 2.75) is 26.7 Å². The molecule has 9 aromatic rings. The van der Waals surface area contributed by atoms with E-state index in [0.29, 0.717) is 5.82 Å². The van der Waals surface area contributed by atoms with E-state index in [1.165, 1.54) is 49.2 Å². The summed E-state index contributed by atoms with van der Waals surface area (Å²) in [6.45, 7) is 4.39. The van der Waals surface area contributed by atoms with Crippen LogP contribution in [0, 0.1) is 0 Å². The maximum atomic E-state index is 5.15. The average molecular weight is 644 g/mol. The number of benzene rings is 6. The number of aromatic nitrogens is 5. The lowest BCUT2D eigenvalue weighted by Crippen LogP contribution is -1.95. The van der Waals surface area contributed by atoms with Gasteiger partial charge in [0.1, 0.15) is 12.7 Å². The summed E-state index contributed by atoms with van der Waals surface area (Å²) >= 11 is 0. The predicted molar refractivity (Wildman–Crippen MR) is 206 cm³/mol. The highest BCUT2D eigenvalue weighted by atomic mass is 15.0. The van der Waals surface area contributed by atoms with Crippen LogP contribution in [0.4, 0.5) is 0 Å². The summed E-state index contributed by atoms with van der Waals surface area (Å²) < 4.78 is 0. The number of rotatable bonds is 6. The maximum Gasteiger partial charge on any atom is 0.162 e. The molecule has 0 N–H and O–H groups in total. The molecule has 0 saturated heterocycles. The van der Waals surface area contributed by atoms with E-state index in [1.807, 2.05) is 6.20 Å². The van der Waals surface area contributed by atoms with Gasteiger partial charge in [0.2, 0.25) is 0 Å². The van der Waals surface area contributed by atoms with Crippen molar-refractivity contribution in [2.75, 3.05) is 0 Å². The third-order valence-electron chi connectivity index (χ3n) is 9.96. The van der Waals surface area contributed by atoms with Crippen LogP contribution in [0.15, 0.2) is 140 Å². The second-order valence-electron chi connectivity index (χ2n) is 12.7. The number of nitrogens with zero attached hydrogens (tertiary/aromatic N) is 5. The molecule has 0 saturated carbocycles. The van der Waals surface area contributed by atoms with Gasteiger partial charge in [-0.2, -0.15) is 0 Å². The van der Waals surface area contributed by atoms with Crippen molar-refractivity contribution in [3.63, 3.8) is 0 Å². The number of hydrogen-bond acceptors (Lipinski definition) is 5.